The van der Waals surface area contributed by atoms with Crippen molar-refractivity contribution in [1.29, 1.82) is 0 Å². The van der Waals surface area contributed by atoms with Crippen LogP contribution in [0.5, 0.6) is 34.5 Å². The van der Waals surface area contributed by atoms with Crippen LogP contribution in [0.25, 0.3) is 0 Å². The summed E-state index contributed by atoms with van der Waals surface area (Å²) in [5.41, 5.74) is 20.5. The molecule has 0 saturated carbocycles. The third-order valence-corrected chi connectivity index (χ3v) is 22.0. The predicted molar refractivity (Wildman–Crippen MR) is 475 cm³/mol. The van der Waals surface area contributed by atoms with Crippen LogP contribution in [0.3, 0.4) is 0 Å². The van der Waals surface area contributed by atoms with Crippen LogP contribution in [0, 0.1) is 0 Å². The maximum absolute atomic E-state index is 13.7. The number of phenols is 6. The molecule has 37 heteroatoms. The monoisotopic (exact) mass is 1870 g/mol. The van der Waals surface area contributed by atoms with Crippen LogP contribution in [-0.2, 0) is 143 Å². The van der Waals surface area contributed by atoms with Crippen molar-refractivity contribution in [3.05, 3.63) is 179 Å². The van der Waals surface area contributed by atoms with Gasteiger partial charge in [-0.05, 0) is 203 Å². The maximum Gasteiger partial charge on any atom is 3.00 e. The summed E-state index contributed by atoms with van der Waals surface area (Å²) in [4.78, 5) is 196. The molecule has 130 heavy (non-hydrogen) atoms. The van der Waals surface area contributed by atoms with Gasteiger partial charge in [0.25, 0.3) is 0 Å². The SMILES string of the molecule is NCCCCCC(=O)N1CCCC1C(=O)N[C@@H](Cc1ccc(O)cc1)C(=O)N[C@@H](Cc1ccc(O)cc1)C(=O)NC[C-]=O.NCCCCCC(=O)N1CCCC1C(=O)N[C@@H](Cc1ccc(O)cc1)C(=O)N[C@@H](Cc1ccc(O)cc1)C(=O)NC[C-]=O.NCCCCCC(=O)N1CCC[C@@H]1C(=O)N[C@@H](Cc1ccc(O)cc1)C(=O)N[C@@H](Cc1ccc(O)cc1)C(=O)NC[C-]=O.[Y+3]. The van der Waals surface area contributed by atoms with Crippen molar-refractivity contribution < 1.29 is 135 Å². The molecule has 9 rings (SSSR count). The van der Waals surface area contributed by atoms with Crippen molar-refractivity contribution in [3.8, 4) is 34.5 Å². The number of aromatic hydroxyl groups is 6. The molecule has 0 radical (unpaired) electrons. The number of nitrogens with two attached hydrogens (primary N) is 3. The summed E-state index contributed by atoms with van der Waals surface area (Å²) in [5.74, 6) is -5.34. The standard InChI is InChI=1S/3C31H40N5O7.Y/c3*32-15-3-1-2-6-28(40)36-17-4-5-27(36)31(43)35-26(20-22-9-13-24(39)14-10-22)30(42)34-25(29(41)33-16-18-37)19-21-7-11-23(38)12-8-21;/h3*7-14,25-27,38-39H,1-6,15-17,19-20,32H2,(H,33,41)(H,34,42)(H,35,43);/q3*-1;+3/t2*25-,26-,27?;25-,26-,27+;/m000./s1. The molecule has 3 aliphatic heterocycles. The van der Waals surface area contributed by atoms with Crippen LogP contribution in [0.1, 0.15) is 149 Å². The number of benzene rings is 6. The Bertz CT molecular complexity index is 4180. The number of carbonyl (C=O) groups excluding carboxylic acids is 15. The van der Waals surface area contributed by atoms with Crippen LogP contribution in [0.4, 0.5) is 0 Å². The van der Waals surface area contributed by atoms with Gasteiger partial charge in [-0.25, -0.2) is 18.9 Å². The van der Waals surface area contributed by atoms with Gasteiger partial charge in [-0.2, -0.15) is 0 Å². The van der Waals surface area contributed by atoms with Gasteiger partial charge in [-0.15, -0.1) is 0 Å². The van der Waals surface area contributed by atoms with E-state index in [9.17, 15) is 103 Å². The molecule has 0 bridgehead atoms. The molecule has 0 spiro atoms. The fourth-order valence-electron chi connectivity index (χ4n) is 15.1. The van der Waals surface area contributed by atoms with Crippen molar-refractivity contribution in [1.82, 2.24) is 62.6 Å². The number of hydrogen-bond acceptors (Lipinski definition) is 24. The molecule has 0 aliphatic carbocycles. The molecule has 6 aromatic rings. The second kappa shape index (κ2) is 57.6. The van der Waals surface area contributed by atoms with Crippen molar-refractivity contribution in [2.45, 2.75) is 208 Å². The van der Waals surface area contributed by atoms with Gasteiger partial charge in [0, 0.05) is 77.4 Å². The second-order valence-electron chi connectivity index (χ2n) is 31.7. The topological polar surface area (TPSA) is 573 Å². The summed E-state index contributed by atoms with van der Waals surface area (Å²) in [6.45, 7) is 1.91. The molecule has 36 nitrogen and oxygen atoms in total. The molecular weight excluding hydrogens is 1750 g/mol. The number of amides is 12. The first-order valence-corrected chi connectivity index (χ1v) is 43.5. The Balaban J connectivity index is 0.000000299. The number of unbranched alkanes of at least 4 members (excludes halogenated alkanes) is 6. The Kier molecular flexibility index (Phi) is 47.2. The van der Waals surface area contributed by atoms with Crippen molar-refractivity contribution in [2.24, 2.45) is 17.2 Å². The van der Waals surface area contributed by atoms with E-state index in [0.717, 1.165) is 38.5 Å². The molecule has 3 saturated heterocycles. The third kappa shape index (κ3) is 36.7. The number of nitrogens with one attached hydrogen (secondary N) is 9. The molecule has 3 fully saturated rings. The largest absolute Gasteiger partial charge is 3.00 e. The van der Waals surface area contributed by atoms with E-state index in [0.29, 0.717) is 150 Å². The average Bonchev–Trinajstić information content (AvgIpc) is 1.70. The Hall–Kier alpha value is -12.2. The molecule has 3 aliphatic rings. The first-order chi connectivity index (χ1) is 62.1. The maximum atomic E-state index is 13.7. The number of rotatable bonds is 48. The number of hydrogen-bond donors (Lipinski definition) is 18. The molecule has 6 aromatic carbocycles. The first kappa shape index (κ1) is 107. The molecule has 12 amide bonds. The molecular formula is C93H120N15O21Y. The fraction of sp³-hybridized carbons (Fsp3) is 0.452. The average molecular weight is 1870 g/mol. The number of carbonyl (C=O) groups is 12. The molecule has 3 heterocycles. The molecule has 696 valence electrons. The summed E-state index contributed by atoms with van der Waals surface area (Å²) >= 11 is 0. The minimum Gasteiger partial charge on any atom is -0.540 e. The van der Waals surface area contributed by atoms with Gasteiger partial charge in [0.1, 0.15) is 88.9 Å². The van der Waals surface area contributed by atoms with Gasteiger partial charge in [-0.1, -0.05) is 112 Å². The Labute approximate surface area is 780 Å². The minimum atomic E-state index is -1.12. The summed E-state index contributed by atoms with van der Waals surface area (Å²) in [6.07, 6.45) is 16.3. The molecule has 0 aromatic heterocycles. The quantitative estimate of drug-likeness (QED) is 0.0191. The Morgan fingerprint density at radius 1 is 0.292 bits per heavy atom. The van der Waals surface area contributed by atoms with Crippen LogP contribution in [0.15, 0.2) is 146 Å². The molecule has 2 unspecified atom stereocenters. The van der Waals surface area contributed by atoms with Crippen LogP contribution in [-0.4, -0.2) is 248 Å². The van der Waals surface area contributed by atoms with Gasteiger partial charge in [0.15, 0.2) is 0 Å². The van der Waals surface area contributed by atoms with E-state index in [1.54, 1.807) is 106 Å². The zero-order valence-corrected chi connectivity index (χ0v) is 75.7. The number of phenolic OH excluding ortho intramolecular Hbond substituents is 6. The summed E-state index contributed by atoms with van der Waals surface area (Å²) in [6, 6.07) is 28.0. The van der Waals surface area contributed by atoms with Crippen molar-refractivity contribution in [2.75, 3.05) is 58.9 Å². The van der Waals surface area contributed by atoms with Gasteiger partial charge < -0.3 is 125 Å². The normalized spacial score (nSPS) is 15.6. The van der Waals surface area contributed by atoms with Crippen LogP contribution >= 0.6 is 0 Å². The number of nitrogens with zero attached hydrogens (tertiary/aromatic N) is 3. The van der Waals surface area contributed by atoms with E-state index in [4.69, 9.17) is 17.2 Å². The second-order valence-corrected chi connectivity index (χ2v) is 31.7. The summed E-state index contributed by atoms with van der Waals surface area (Å²) in [5, 5.41) is 81.5. The number of likely N-dealkylation sites (tertiary alicyclic amines) is 3. The predicted octanol–water partition coefficient (Wildman–Crippen LogP) is 1.76. The van der Waals surface area contributed by atoms with Gasteiger partial charge in [0.2, 0.25) is 70.9 Å². The van der Waals surface area contributed by atoms with Crippen molar-refractivity contribution in [3.63, 3.8) is 0 Å². The smallest absolute Gasteiger partial charge is 0.540 e. The molecule has 9 atom stereocenters. The van der Waals surface area contributed by atoms with Gasteiger partial charge in [0.05, 0.1) is 0 Å². The van der Waals surface area contributed by atoms with Crippen LogP contribution in [0.2, 0.25) is 0 Å². The summed E-state index contributed by atoms with van der Waals surface area (Å²) in [7, 11) is 0. The van der Waals surface area contributed by atoms with E-state index >= 15 is 0 Å². The van der Waals surface area contributed by atoms with E-state index < -0.39 is 108 Å². The fourth-order valence-corrected chi connectivity index (χ4v) is 15.1. The van der Waals surface area contributed by atoms with E-state index in [-0.39, 0.29) is 143 Å². The van der Waals surface area contributed by atoms with Crippen molar-refractivity contribution >= 4 is 89.7 Å². The van der Waals surface area contributed by atoms with E-state index in [1.165, 1.54) is 72.8 Å². The van der Waals surface area contributed by atoms with Gasteiger partial charge >= 0.3 is 32.7 Å². The molecule has 21 N–H and O–H groups in total. The zero-order chi connectivity index (χ0) is 93.6. The Morgan fingerprint density at radius 3 is 0.669 bits per heavy atom. The van der Waals surface area contributed by atoms with E-state index in [2.05, 4.69) is 47.9 Å². The third-order valence-electron chi connectivity index (χ3n) is 22.0. The van der Waals surface area contributed by atoms with Crippen LogP contribution < -0.4 is 65.1 Å². The van der Waals surface area contributed by atoms with Gasteiger partial charge in [-0.3, -0.25) is 57.5 Å². The minimum absolute atomic E-state index is 0. The summed E-state index contributed by atoms with van der Waals surface area (Å²) < 4.78 is 0. The zero-order valence-electron chi connectivity index (χ0n) is 72.8. The first-order valence-electron chi connectivity index (χ1n) is 43.5. The Morgan fingerprint density at radius 2 is 0.485 bits per heavy atom. The van der Waals surface area contributed by atoms with E-state index in [1.807, 2.05) is 0 Å².